The number of hydrogen-bond acceptors (Lipinski definition) is 5. The van der Waals surface area contributed by atoms with Crippen LogP contribution in [-0.4, -0.2) is 35.7 Å². The molecular formula is C12H16N2O3S. The second-order valence-corrected chi connectivity index (χ2v) is 7.10. The van der Waals surface area contributed by atoms with Crippen LogP contribution in [-0.2, 0) is 9.84 Å². The van der Waals surface area contributed by atoms with E-state index < -0.39 is 9.84 Å². The minimum Gasteiger partial charge on any atom is -0.292 e. The zero-order valence-corrected chi connectivity index (χ0v) is 11.1. The van der Waals surface area contributed by atoms with E-state index in [1.165, 1.54) is 18.8 Å². The van der Waals surface area contributed by atoms with Crippen molar-refractivity contribution in [3.63, 3.8) is 0 Å². The lowest BCUT2D eigenvalue weighted by Gasteiger charge is -2.26. The highest BCUT2D eigenvalue weighted by Crippen LogP contribution is 2.30. The van der Waals surface area contributed by atoms with E-state index in [0.29, 0.717) is 18.5 Å². The van der Waals surface area contributed by atoms with Crippen LogP contribution in [0.4, 0.5) is 0 Å². The molecule has 6 heteroatoms. The lowest BCUT2D eigenvalue weighted by molar-refractivity contribution is 0.0885. The first kappa shape index (κ1) is 13.1. The number of sulfone groups is 1. The molecular weight excluding hydrogens is 252 g/mol. The maximum absolute atomic E-state index is 12.2. The van der Waals surface area contributed by atoms with Crippen molar-refractivity contribution in [3.8, 4) is 0 Å². The molecule has 0 aromatic carbocycles. The molecule has 5 nitrogen and oxygen atoms in total. The molecule has 2 atom stereocenters. The summed E-state index contributed by atoms with van der Waals surface area (Å²) in [6, 6.07) is 1.58. The van der Waals surface area contributed by atoms with Gasteiger partial charge in [0.1, 0.15) is 21.9 Å². The van der Waals surface area contributed by atoms with E-state index in [1.807, 2.05) is 0 Å². The van der Waals surface area contributed by atoms with Crippen LogP contribution in [0.15, 0.2) is 18.6 Å². The van der Waals surface area contributed by atoms with Crippen LogP contribution >= 0.6 is 0 Å². The largest absolute Gasteiger partial charge is 0.292 e. The number of hydrogen-bond donors (Lipinski definition) is 0. The third kappa shape index (κ3) is 2.93. The summed E-state index contributed by atoms with van der Waals surface area (Å²) in [5.74, 6) is -0.292. The van der Waals surface area contributed by atoms with E-state index in [-0.39, 0.29) is 17.0 Å². The lowest BCUT2D eigenvalue weighted by atomic mass is 9.85. The molecule has 0 bridgehead atoms. The molecule has 0 saturated heterocycles. The normalized spacial score (nSPS) is 24.7. The summed E-state index contributed by atoms with van der Waals surface area (Å²) in [5, 5.41) is -0.387. The molecule has 0 radical (unpaired) electrons. The number of aromatic nitrogens is 2. The highest BCUT2D eigenvalue weighted by molar-refractivity contribution is 7.91. The van der Waals surface area contributed by atoms with Gasteiger partial charge in [0.15, 0.2) is 5.78 Å². The standard InChI is InChI=1S/C12H16N2O3S/c1-18(16,17)10-4-2-3-9(7-10)12(15)11-5-6-13-8-14-11/h5-6,8-10H,2-4,7H2,1H3. The Morgan fingerprint density at radius 3 is 2.78 bits per heavy atom. The Morgan fingerprint density at radius 1 is 1.39 bits per heavy atom. The smallest absolute Gasteiger partial charge is 0.184 e. The van der Waals surface area contributed by atoms with Crippen molar-refractivity contribution in [2.45, 2.75) is 30.9 Å². The van der Waals surface area contributed by atoms with E-state index in [4.69, 9.17) is 0 Å². The molecule has 0 N–H and O–H groups in total. The third-order valence-electron chi connectivity index (χ3n) is 3.44. The molecule has 2 unspecified atom stereocenters. The minimum atomic E-state index is -3.06. The van der Waals surface area contributed by atoms with Gasteiger partial charge in [0.25, 0.3) is 0 Å². The van der Waals surface area contributed by atoms with Gasteiger partial charge in [-0.1, -0.05) is 6.42 Å². The quantitative estimate of drug-likeness (QED) is 0.771. The monoisotopic (exact) mass is 268 g/mol. The van der Waals surface area contributed by atoms with Gasteiger partial charge in [0, 0.05) is 18.4 Å². The van der Waals surface area contributed by atoms with E-state index in [1.54, 1.807) is 6.07 Å². The molecule has 1 aliphatic carbocycles. The summed E-state index contributed by atoms with van der Waals surface area (Å²) in [4.78, 5) is 19.9. The van der Waals surface area contributed by atoms with Gasteiger partial charge in [-0.2, -0.15) is 0 Å². The Hall–Kier alpha value is -1.30. The van der Waals surface area contributed by atoms with Gasteiger partial charge in [-0.05, 0) is 25.3 Å². The van der Waals surface area contributed by atoms with Crippen LogP contribution in [0.5, 0.6) is 0 Å². The zero-order chi connectivity index (χ0) is 13.2. The van der Waals surface area contributed by atoms with Gasteiger partial charge in [0.2, 0.25) is 0 Å². The first-order chi connectivity index (χ1) is 8.48. The number of nitrogens with zero attached hydrogens (tertiary/aromatic N) is 2. The fraction of sp³-hybridized carbons (Fsp3) is 0.583. The summed E-state index contributed by atoms with van der Waals surface area (Å²) in [6.07, 6.45) is 6.71. The number of carbonyl (C=O) groups is 1. The zero-order valence-electron chi connectivity index (χ0n) is 10.2. The van der Waals surface area contributed by atoms with Crippen LogP contribution < -0.4 is 0 Å². The highest BCUT2D eigenvalue weighted by Gasteiger charge is 2.33. The minimum absolute atomic E-state index is 0.0641. The summed E-state index contributed by atoms with van der Waals surface area (Å²) in [6.45, 7) is 0. The van der Waals surface area contributed by atoms with Crippen molar-refractivity contribution in [1.29, 1.82) is 0 Å². The Morgan fingerprint density at radius 2 is 2.17 bits per heavy atom. The fourth-order valence-electron chi connectivity index (χ4n) is 2.42. The molecule has 1 saturated carbocycles. The molecule has 0 aliphatic heterocycles. The van der Waals surface area contributed by atoms with Crippen LogP contribution in [0.3, 0.4) is 0 Å². The van der Waals surface area contributed by atoms with E-state index in [0.717, 1.165) is 12.8 Å². The maximum atomic E-state index is 12.2. The Balaban J connectivity index is 2.13. The van der Waals surface area contributed by atoms with Crippen molar-refractivity contribution in [2.75, 3.05) is 6.26 Å². The number of carbonyl (C=O) groups excluding carboxylic acids is 1. The number of rotatable bonds is 3. The molecule has 0 amide bonds. The van der Waals surface area contributed by atoms with Crippen LogP contribution in [0, 0.1) is 5.92 Å². The lowest BCUT2D eigenvalue weighted by Crippen LogP contribution is -2.31. The van der Waals surface area contributed by atoms with Crippen molar-refractivity contribution < 1.29 is 13.2 Å². The fourth-order valence-corrected chi connectivity index (χ4v) is 3.59. The van der Waals surface area contributed by atoms with Gasteiger partial charge in [-0.25, -0.2) is 18.4 Å². The molecule has 2 rings (SSSR count). The number of ketones is 1. The molecule has 98 valence electrons. The summed E-state index contributed by atoms with van der Waals surface area (Å²) < 4.78 is 23.1. The van der Waals surface area contributed by atoms with Gasteiger partial charge in [-0.15, -0.1) is 0 Å². The topological polar surface area (TPSA) is 77.0 Å². The van der Waals surface area contributed by atoms with Crippen molar-refractivity contribution >= 4 is 15.6 Å². The van der Waals surface area contributed by atoms with Crippen LogP contribution in [0.25, 0.3) is 0 Å². The average molecular weight is 268 g/mol. The molecule has 1 aliphatic rings. The van der Waals surface area contributed by atoms with Gasteiger partial charge in [-0.3, -0.25) is 4.79 Å². The molecule has 1 aromatic rings. The van der Waals surface area contributed by atoms with Crippen molar-refractivity contribution in [3.05, 3.63) is 24.3 Å². The van der Waals surface area contributed by atoms with Gasteiger partial charge >= 0.3 is 0 Å². The summed E-state index contributed by atoms with van der Waals surface area (Å²) in [5.41, 5.74) is 0.379. The van der Waals surface area contributed by atoms with Crippen LogP contribution in [0.1, 0.15) is 36.2 Å². The average Bonchev–Trinajstić information content (AvgIpc) is 2.38. The summed E-state index contributed by atoms with van der Waals surface area (Å²) in [7, 11) is -3.06. The van der Waals surface area contributed by atoms with E-state index in [2.05, 4.69) is 9.97 Å². The molecule has 18 heavy (non-hydrogen) atoms. The predicted molar refractivity (Wildman–Crippen MR) is 67.0 cm³/mol. The second kappa shape index (κ2) is 5.14. The van der Waals surface area contributed by atoms with Crippen LogP contribution in [0.2, 0.25) is 0 Å². The molecule has 1 fully saturated rings. The third-order valence-corrected chi connectivity index (χ3v) is 5.08. The van der Waals surface area contributed by atoms with Gasteiger partial charge in [0.05, 0.1) is 5.25 Å². The van der Waals surface area contributed by atoms with Gasteiger partial charge < -0.3 is 0 Å². The Kier molecular flexibility index (Phi) is 3.75. The first-order valence-corrected chi connectivity index (χ1v) is 7.93. The SMILES string of the molecule is CS(=O)(=O)C1CCCC(C(=O)c2ccncn2)C1. The van der Waals surface area contributed by atoms with E-state index in [9.17, 15) is 13.2 Å². The highest BCUT2D eigenvalue weighted by atomic mass is 32.2. The predicted octanol–water partition coefficient (Wildman–Crippen LogP) is 1.26. The molecule has 1 aromatic heterocycles. The Bertz CT molecular complexity index is 528. The first-order valence-electron chi connectivity index (χ1n) is 5.97. The molecule has 1 heterocycles. The second-order valence-electron chi connectivity index (χ2n) is 4.77. The Labute approximate surface area is 107 Å². The summed E-state index contributed by atoms with van der Waals surface area (Å²) >= 11 is 0. The maximum Gasteiger partial charge on any atom is 0.184 e. The van der Waals surface area contributed by atoms with E-state index >= 15 is 0 Å². The molecule has 0 spiro atoms. The van der Waals surface area contributed by atoms with Crippen molar-refractivity contribution in [1.82, 2.24) is 9.97 Å². The van der Waals surface area contributed by atoms with Crippen molar-refractivity contribution in [2.24, 2.45) is 5.92 Å². The number of Topliss-reactive ketones (excluding diaryl/α,β-unsaturated/α-hetero) is 1.